The van der Waals surface area contributed by atoms with E-state index in [4.69, 9.17) is 9.47 Å². The number of piperazine rings is 1. The van der Waals surface area contributed by atoms with E-state index in [2.05, 4.69) is 52.3 Å². The van der Waals surface area contributed by atoms with Gasteiger partial charge in [-0.25, -0.2) is 0 Å². The molecule has 0 spiro atoms. The number of anilines is 1. The van der Waals surface area contributed by atoms with Crippen molar-refractivity contribution in [2.75, 3.05) is 44.2 Å². The van der Waals surface area contributed by atoms with Crippen LogP contribution >= 0.6 is 0 Å². The van der Waals surface area contributed by atoms with Crippen LogP contribution in [0.25, 0.3) is 10.9 Å². The molecule has 0 bridgehead atoms. The molecule has 2 saturated heterocycles. The molecule has 4 atom stereocenters. The Morgan fingerprint density at radius 3 is 2.47 bits per heavy atom. The molecule has 3 fully saturated rings. The lowest BCUT2D eigenvalue weighted by Crippen LogP contribution is -2.78. The molecule has 5 heterocycles. The molecule has 2 N–H and O–H groups in total. The van der Waals surface area contributed by atoms with Crippen molar-refractivity contribution in [3.63, 3.8) is 0 Å². The van der Waals surface area contributed by atoms with Gasteiger partial charge in [-0.15, -0.1) is 0 Å². The van der Waals surface area contributed by atoms with Crippen LogP contribution in [0.5, 0.6) is 11.5 Å². The summed E-state index contributed by atoms with van der Waals surface area (Å²) >= 11 is 0. The van der Waals surface area contributed by atoms with Crippen LogP contribution in [0.1, 0.15) is 75.8 Å². The molecular formula is C43H41N7O7. The number of rotatable bonds is 8. The lowest BCUT2D eigenvalue weighted by molar-refractivity contribution is -0.136. The van der Waals surface area contributed by atoms with Crippen molar-refractivity contribution in [3.8, 4) is 17.6 Å². The summed E-state index contributed by atoms with van der Waals surface area (Å²) in [6.07, 6.45) is 1.74. The Labute approximate surface area is 328 Å². The van der Waals surface area contributed by atoms with Crippen molar-refractivity contribution in [2.45, 2.75) is 57.2 Å². The number of nitrogens with one attached hydrogen (secondary N) is 2. The lowest BCUT2D eigenvalue weighted by Gasteiger charge is -2.66. The molecule has 1 aliphatic carbocycles. The zero-order valence-corrected chi connectivity index (χ0v) is 31.8. The Hall–Kier alpha value is -6.33. The van der Waals surface area contributed by atoms with Gasteiger partial charge in [-0.05, 0) is 79.6 Å². The van der Waals surface area contributed by atoms with Crippen molar-refractivity contribution < 1.29 is 33.4 Å². The van der Waals surface area contributed by atoms with Crippen LogP contribution < -0.4 is 25.0 Å². The maximum absolute atomic E-state index is 13.7. The van der Waals surface area contributed by atoms with Gasteiger partial charge in [0.1, 0.15) is 36.3 Å². The third-order valence-corrected chi connectivity index (χ3v) is 12.6. The Morgan fingerprint density at radius 1 is 0.982 bits per heavy atom. The third-order valence-electron chi connectivity index (χ3n) is 12.6. The van der Waals surface area contributed by atoms with Crippen molar-refractivity contribution in [3.05, 3.63) is 94.7 Å². The smallest absolute Gasteiger partial charge is 0.262 e. The van der Waals surface area contributed by atoms with Gasteiger partial charge in [0.15, 0.2) is 0 Å². The van der Waals surface area contributed by atoms with E-state index in [0.717, 1.165) is 34.6 Å². The monoisotopic (exact) mass is 767 g/mol. The van der Waals surface area contributed by atoms with E-state index < -0.39 is 35.1 Å². The summed E-state index contributed by atoms with van der Waals surface area (Å²) in [4.78, 5) is 74.0. The van der Waals surface area contributed by atoms with Crippen LogP contribution in [0, 0.1) is 16.7 Å². The number of carbonyl (C=O) groups is 5. The molecule has 14 nitrogen and oxygen atoms in total. The second-order valence-corrected chi connectivity index (χ2v) is 16.2. The van der Waals surface area contributed by atoms with Crippen LogP contribution in [-0.4, -0.2) is 102 Å². The molecule has 1 aromatic heterocycles. The Balaban J connectivity index is 0.778. The van der Waals surface area contributed by atoms with Crippen LogP contribution in [0.15, 0.2) is 66.9 Å². The molecule has 4 aliphatic heterocycles. The van der Waals surface area contributed by atoms with Crippen LogP contribution in [-0.2, 0) is 15.0 Å². The van der Waals surface area contributed by atoms with E-state index in [9.17, 15) is 29.2 Å². The number of aromatic nitrogens is 1. The predicted octanol–water partition coefficient (Wildman–Crippen LogP) is 3.57. The van der Waals surface area contributed by atoms with Gasteiger partial charge in [0, 0.05) is 67.4 Å². The number of hydrogen-bond donors (Lipinski definition) is 2. The molecule has 0 radical (unpaired) electrons. The van der Waals surface area contributed by atoms with Crippen LogP contribution in [0.2, 0.25) is 0 Å². The van der Waals surface area contributed by atoms with Crippen molar-refractivity contribution in [1.29, 1.82) is 5.26 Å². The normalized spacial score (nSPS) is 24.8. The summed E-state index contributed by atoms with van der Waals surface area (Å²) < 4.78 is 12.6. The minimum Gasteiger partial charge on any atom is -0.492 e. The van der Waals surface area contributed by atoms with Crippen molar-refractivity contribution in [2.24, 2.45) is 5.41 Å². The van der Waals surface area contributed by atoms with E-state index in [1.807, 2.05) is 18.2 Å². The highest BCUT2D eigenvalue weighted by molar-refractivity contribution is 6.23. The number of nitriles is 1. The molecule has 5 aliphatic rings. The largest absolute Gasteiger partial charge is 0.492 e. The quantitative estimate of drug-likeness (QED) is 0.251. The summed E-state index contributed by atoms with van der Waals surface area (Å²) in [6, 6.07) is 18.9. The summed E-state index contributed by atoms with van der Waals surface area (Å²) in [5, 5.41) is 16.1. The van der Waals surface area contributed by atoms with Crippen LogP contribution in [0.3, 0.4) is 0 Å². The third kappa shape index (κ3) is 5.70. The van der Waals surface area contributed by atoms with Gasteiger partial charge in [-0.3, -0.25) is 44.1 Å². The van der Waals surface area contributed by atoms with Gasteiger partial charge < -0.3 is 19.7 Å². The highest BCUT2D eigenvalue weighted by Gasteiger charge is 2.69. The number of amides is 5. The average molecular weight is 768 g/mol. The summed E-state index contributed by atoms with van der Waals surface area (Å²) in [5.74, 6) is -0.880. The average Bonchev–Trinajstić information content (AvgIpc) is 3.46. The van der Waals surface area contributed by atoms with E-state index >= 15 is 0 Å². The molecule has 9 rings (SSSR count). The molecule has 5 amide bonds. The molecule has 1 saturated carbocycles. The van der Waals surface area contributed by atoms with Gasteiger partial charge >= 0.3 is 0 Å². The van der Waals surface area contributed by atoms with Gasteiger partial charge in [0.2, 0.25) is 11.8 Å². The first-order valence-electron chi connectivity index (χ1n) is 19.3. The molecule has 4 aromatic rings. The lowest BCUT2D eigenvalue weighted by atomic mass is 9.45. The molecule has 3 unspecified atom stereocenters. The number of nitrogens with zero attached hydrogens (tertiary/aromatic N) is 5. The van der Waals surface area contributed by atoms with E-state index in [-0.39, 0.29) is 47.4 Å². The Kier molecular flexibility index (Phi) is 8.54. The zero-order valence-electron chi connectivity index (χ0n) is 31.8. The minimum absolute atomic E-state index is 0.0756. The first-order valence-corrected chi connectivity index (χ1v) is 19.3. The van der Waals surface area contributed by atoms with Gasteiger partial charge in [-0.2, -0.15) is 5.26 Å². The number of carbonyl (C=O) groups excluding carboxylic acids is 5. The first kappa shape index (κ1) is 36.3. The predicted molar refractivity (Wildman–Crippen MR) is 207 cm³/mol. The van der Waals surface area contributed by atoms with E-state index in [0.29, 0.717) is 54.4 Å². The van der Waals surface area contributed by atoms with Gasteiger partial charge in [0.05, 0.1) is 33.7 Å². The maximum Gasteiger partial charge on any atom is 0.262 e. The summed E-state index contributed by atoms with van der Waals surface area (Å²) in [6.45, 7) is 10.5. The van der Waals surface area contributed by atoms with E-state index in [1.165, 1.54) is 0 Å². The molecule has 290 valence electrons. The molecule has 57 heavy (non-hydrogen) atoms. The number of piperidine rings is 1. The van der Waals surface area contributed by atoms with Crippen molar-refractivity contribution in [1.82, 2.24) is 25.4 Å². The Morgan fingerprint density at radius 2 is 1.74 bits per heavy atom. The number of hydrogen-bond acceptors (Lipinski definition) is 11. The fourth-order valence-corrected chi connectivity index (χ4v) is 9.75. The number of benzene rings is 3. The standard InChI is InChI=1S/C43H41N7O7/c1-42(2)40(43(3)30-14-15-45-35-25(23-44)6-12-32(34(30)35)57-41(42)43)47-36(52)24-4-8-27(9-5-24)56-21-20-48-16-18-49(19-17-48)26-7-10-28-29(22-26)39(55)50(38(28)54)31-11-13-33(51)46-37(31)53/h4-10,12,14-15,22,31,40-41H,11,13,16-21H2,1-3H3,(H,47,52)(H,46,51,53)/t31?,40?,41-,43?/m0/s1. The Bertz CT molecular complexity index is 2430. The second-order valence-electron chi connectivity index (χ2n) is 16.2. The summed E-state index contributed by atoms with van der Waals surface area (Å²) in [7, 11) is 0. The fourth-order valence-electron chi connectivity index (χ4n) is 9.75. The topological polar surface area (TPSA) is 174 Å². The second kappa shape index (κ2) is 13.4. The molecule has 3 aromatic carbocycles. The van der Waals surface area contributed by atoms with Gasteiger partial charge in [-0.1, -0.05) is 13.8 Å². The van der Waals surface area contributed by atoms with Gasteiger partial charge in [0.25, 0.3) is 17.7 Å². The highest BCUT2D eigenvalue weighted by atomic mass is 16.5. The molecule has 14 heteroatoms. The number of fused-ring (bicyclic) bond motifs is 3. The minimum atomic E-state index is -0.994. The zero-order chi connectivity index (χ0) is 39.8. The highest BCUT2D eigenvalue weighted by Crippen LogP contribution is 2.61. The number of ether oxygens (including phenoxy) is 2. The van der Waals surface area contributed by atoms with E-state index in [1.54, 1.807) is 48.7 Å². The van der Waals surface area contributed by atoms with Crippen molar-refractivity contribution >= 4 is 46.1 Å². The number of pyridine rings is 1. The number of imide groups is 2. The first-order chi connectivity index (χ1) is 27.4. The fraction of sp³-hybridized carbons (Fsp3) is 0.372. The molecular weight excluding hydrogens is 727 g/mol. The SMILES string of the molecule is CC1(C)C(NC(=O)c2ccc(OCCN3CCN(c4ccc5c(c4)C(=O)N(C4CCC(=O)NC4=O)C5=O)CC3)cc2)C2(C)c3ccnc4c(C#N)ccc(c34)O[C@@H]12. The van der Waals surface area contributed by atoms with Crippen LogP contribution in [0.4, 0.5) is 5.69 Å². The summed E-state index contributed by atoms with van der Waals surface area (Å²) in [5.41, 5.74) is 3.09. The maximum atomic E-state index is 13.7.